The Morgan fingerprint density at radius 2 is 2.29 bits per heavy atom. The molecule has 1 unspecified atom stereocenters. The van der Waals surface area contributed by atoms with Crippen molar-refractivity contribution in [2.45, 2.75) is 24.2 Å². The zero-order valence-corrected chi connectivity index (χ0v) is 13.1. The van der Waals surface area contributed by atoms with Crippen LogP contribution in [0.2, 0.25) is 0 Å². The molecular formula is C13H14FN3O2S2. The first-order valence-electron chi connectivity index (χ1n) is 6.16. The van der Waals surface area contributed by atoms with Crippen molar-refractivity contribution < 1.29 is 14.3 Å². The van der Waals surface area contributed by atoms with E-state index in [4.69, 9.17) is 5.11 Å². The Kier molecular flexibility index (Phi) is 5.13. The zero-order valence-electron chi connectivity index (χ0n) is 11.5. The standard InChI is InChI=1S/C13H14FN3O2S2/c1-7-3-4-9(5-10(7)14)8(2)15-12-16-17-13(21-12)20-6-11(18)19/h3-5,8H,6H2,1-2H3,(H,15,16)(H,18,19). The fourth-order valence-electron chi connectivity index (χ4n) is 1.60. The monoisotopic (exact) mass is 327 g/mol. The summed E-state index contributed by atoms with van der Waals surface area (Å²) in [7, 11) is 0. The number of nitrogens with one attached hydrogen (secondary N) is 1. The number of hydrogen-bond donors (Lipinski definition) is 2. The van der Waals surface area contributed by atoms with E-state index >= 15 is 0 Å². The first-order chi connectivity index (χ1) is 9.95. The van der Waals surface area contributed by atoms with E-state index < -0.39 is 5.97 Å². The molecule has 5 nitrogen and oxygen atoms in total. The second-order valence-corrected chi connectivity index (χ2v) is 6.63. The highest BCUT2D eigenvalue weighted by molar-refractivity contribution is 8.01. The number of nitrogens with zero attached hydrogens (tertiary/aromatic N) is 2. The predicted molar refractivity (Wildman–Crippen MR) is 81.4 cm³/mol. The number of aliphatic carboxylic acids is 1. The molecule has 1 heterocycles. The van der Waals surface area contributed by atoms with Gasteiger partial charge >= 0.3 is 5.97 Å². The lowest BCUT2D eigenvalue weighted by atomic mass is 10.1. The van der Waals surface area contributed by atoms with Gasteiger partial charge in [-0.15, -0.1) is 10.2 Å². The third kappa shape index (κ3) is 4.40. The lowest BCUT2D eigenvalue weighted by Gasteiger charge is -2.13. The maximum atomic E-state index is 13.5. The Morgan fingerprint density at radius 1 is 1.52 bits per heavy atom. The molecule has 1 aromatic heterocycles. The molecule has 0 aliphatic carbocycles. The third-order valence-electron chi connectivity index (χ3n) is 2.76. The van der Waals surface area contributed by atoms with E-state index in [-0.39, 0.29) is 17.6 Å². The van der Waals surface area contributed by atoms with Crippen LogP contribution >= 0.6 is 23.1 Å². The maximum absolute atomic E-state index is 13.5. The Balaban J connectivity index is 2.00. The summed E-state index contributed by atoms with van der Waals surface area (Å²) < 4.78 is 14.1. The molecule has 2 N–H and O–H groups in total. The summed E-state index contributed by atoms with van der Waals surface area (Å²) in [6, 6.07) is 4.97. The lowest BCUT2D eigenvalue weighted by molar-refractivity contribution is -0.133. The Bertz CT molecular complexity index is 648. The van der Waals surface area contributed by atoms with Gasteiger partial charge in [0.25, 0.3) is 0 Å². The van der Waals surface area contributed by atoms with Crippen LogP contribution in [0, 0.1) is 12.7 Å². The Morgan fingerprint density at radius 3 is 2.95 bits per heavy atom. The van der Waals surface area contributed by atoms with Gasteiger partial charge in [0.05, 0.1) is 11.8 Å². The van der Waals surface area contributed by atoms with Crippen molar-refractivity contribution in [3.63, 3.8) is 0 Å². The minimum Gasteiger partial charge on any atom is -0.481 e. The number of hydrogen-bond acceptors (Lipinski definition) is 6. The number of benzene rings is 1. The van der Waals surface area contributed by atoms with E-state index in [0.29, 0.717) is 15.0 Å². The molecule has 0 radical (unpaired) electrons. The average molecular weight is 327 g/mol. The van der Waals surface area contributed by atoms with Gasteiger partial charge in [-0.2, -0.15) is 0 Å². The molecule has 0 aliphatic heterocycles. The second kappa shape index (κ2) is 6.86. The molecule has 0 spiro atoms. The molecule has 1 atom stereocenters. The van der Waals surface area contributed by atoms with Crippen LogP contribution in [0.25, 0.3) is 0 Å². The van der Waals surface area contributed by atoms with Crippen LogP contribution in [0.15, 0.2) is 22.5 Å². The van der Waals surface area contributed by atoms with Crippen molar-refractivity contribution in [3.05, 3.63) is 35.1 Å². The normalized spacial score (nSPS) is 12.1. The molecule has 0 aliphatic rings. The molecule has 0 fully saturated rings. The first kappa shape index (κ1) is 15.7. The first-order valence-corrected chi connectivity index (χ1v) is 7.96. The van der Waals surface area contributed by atoms with Gasteiger partial charge in [-0.05, 0) is 31.0 Å². The van der Waals surface area contributed by atoms with Gasteiger partial charge in [-0.25, -0.2) is 4.39 Å². The molecule has 21 heavy (non-hydrogen) atoms. The predicted octanol–water partition coefficient (Wildman–Crippen LogP) is 3.34. The van der Waals surface area contributed by atoms with Crippen molar-refractivity contribution in [2.24, 2.45) is 0 Å². The molecule has 2 aromatic rings. The largest absolute Gasteiger partial charge is 0.481 e. The quantitative estimate of drug-likeness (QED) is 0.793. The van der Waals surface area contributed by atoms with Crippen molar-refractivity contribution >= 4 is 34.2 Å². The summed E-state index contributed by atoms with van der Waals surface area (Å²) in [5, 5.41) is 20.2. The summed E-state index contributed by atoms with van der Waals surface area (Å²) in [6.07, 6.45) is 0. The molecule has 0 saturated heterocycles. The van der Waals surface area contributed by atoms with Crippen molar-refractivity contribution in [3.8, 4) is 0 Å². The molecule has 112 valence electrons. The fraction of sp³-hybridized carbons (Fsp3) is 0.308. The fourth-order valence-corrected chi connectivity index (χ4v) is 3.16. The van der Waals surface area contributed by atoms with Crippen LogP contribution < -0.4 is 5.32 Å². The number of anilines is 1. The number of aryl methyl sites for hydroxylation is 1. The number of rotatable bonds is 6. The van der Waals surface area contributed by atoms with Gasteiger partial charge in [-0.1, -0.05) is 35.2 Å². The van der Waals surface area contributed by atoms with Crippen molar-refractivity contribution in [1.29, 1.82) is 0 Å². The smallest absolute Gasteiger partial charge is 0.313 e. The molecule has 0 amide bonds. The van der Waals surface area contributed by atoms with Gasteiger partial charge in [0.2, 0.25) is 5.13 Å². The number of aromatic nitrogens is 2. The zero-order chi connectivity index (χ0) is 15.4. The topological polar surface area (TPSA) is 75.1 Å². The third-order valence-corrected chi connectivity index (χ3v) is 4.73. The van der Waals surface area contributed by atoms with Gasteiger partial charge in [0, 0.05) is 0 Å². The van der Waals surface area contributed by atoms with Gasteiger partial charge in [0.15, 0.2) is 4.34 Å². The number of thioether (sulfide) groups is 1. The molecule has 8 heteroatoms. The van der Waals surface area contributed by atoms with Crippen LogP contribution in [0.1, 0.15) is 24.1 Å². The minimum absolute atomic E-state index is 0.0483. The maximum Gasteiger partial charge on any atom is 0.313 e. The highest BCUT2D eigenvalue weighted by Gasteiger charge is 2.12. The number of carbonyl (C=O) groups is 1. The molecule has 1 aromatic carbocycles. The van der Waals surface area contributed by atoms with E-state index in [1.807, 2.05) is 13.0 Å². The van der Waals surface area contributed by atoms with Gasteiger partial charge in [0.1, 0.15) is 5.82 Å². The van der Waals surface area contributed by atoms with Crippen LogP contribution in [-0.2, 0) is 4.79 Å². The van der Waals surface area contributed by atoms with E-state index in [9.17, 15) is 9.18 Å². The summed E-state index contributed by atoms with van der Waals surface area (Å²) in [6.45, 7) is 3.61. The van der Waals surface area contributed by atoms with E-state index in [2.05, 4.69) is 15.5 Å². The summed E-state index contributed by atoms with van der Waals surface area (Å²) >= 11 is 2.40. The van der Waals surface area contributed by atoms with Gasteiger partial charge < -0.3 is 10.4 Å². The van der Waals surface area contributed by atoms with Crippen molar-refractivity contribution in [1.82, 2.24) is 10.2 Å². The van der Waals surface area contributed by atoms with E-state index in [1.54, 1.807) is 13.0 Å². The SMILES string of the molecule is Cc1ccc(C(C)Nc2nnc(SCC(=O)O)s2)cc1F. The number of carboxylic acid groups (broad SMARTS) is 1. The Labute approximate surface area is 129 Å². The highest BCUT2D eigenvalue weighted by Crippen LogP contribution is 2.28. The van der Waals surface area contributed by atoms with E-state index in [0.717, 1.165) is 17.3 Å². The summed E-state index contributed by atoms with van der Waals surface area (Å²) in [5.74, 6) is -1.18. The van der Waals surface area contributed by atoms with Crippen LogP contribution in [0.5, 0.6) is 0 Å². The highest BCUT2D eigenvalue weighted by atomic mass is 32.2. The molecule has 0 saturated carbocycles. The van der Waals surface area contributed by atoms with Gasteiger partial charge in [-0.3, -0.25) is 4.79 Å². The van der Waals surface area contributed by atoms with Crippen LogP contribution in [0.3, 0.4) is 0 Å². The molecule has 2 rings (SSSR count). The summed E-state index contributed by atoms with van der Waals surface area (Å²) in [5.41, 5.74) is 1.42. The molecular weight excluding hydrogens is 313 g/mol. The average Bonchev–Trinajstić information content (AvgIpc) is 2.87. The minimum atomic E-state index is -0.895. The summed E-state index contributed by atoms with van der Waals surface area (Å²) in [4.78, 5) is 10.5. The molecule has 0 bridgehead atoms. The number of halogens is 1. The second-order valence-electron chi connectivity index (χ2n) is 4.43. The Hall–Kier alpha value is -1.67. The number of carboxylic acids is 1. The van der Waals surface area contributed by atoms with Crippen LogP contribution in [-0.4, -0.2) is 27.0 Å². The van der Waals surface area contributed by atoms with E-state index in [1.165, 1.54) is 17.4 Å². The van der Waals surface area contributed by atoms with Crippen molar-refractivity contribution in [2.75, 3.05) is 11.1 Å². The lowest BCUT2D eigenvalue weighted by Crippen LogP contribution is -2.06. The van der Waals surface area contributed by atoms with Crippen LogP contribution in [0.4, 0.5) is 9.52 Å².